The SMILES string of the molecule is CCOC(=O)NC1CCc2ccc(OS(=O)(=O)C(F)(F)F)cc2C1Cc1ccc(Cl)c(Cl)c1. The molecule has 1 aliphatic carbocycles. The van der Waals surface area contributed by atoms with Gasteiger partial charge in [-0.25, -0.2) is 4.79 Å². The lowest BCUT2D eigenvalue weighted by atomic mass is 9.76. The van der Waals surface area contributed by atoms with Crippen molar-refractivity contribution in [1.29, 1.82) is 0 Å². The van der Waals surface area contributed by atoms with Crippen molar-refractivity contribution in [3.63, 3.8) is 0 Å². The first-order valence-electron chi connectivity index (χ1n) is 9.92. The number of benzene rings is 2. The van der Waals surface area contributed by atoms with Crippen molar-refractivity contribution in [3.05, 3.63) is 63.1 Å². The van der Waals surface area contributed by atoms with E-state index in [1.165, 1.54) is 18.2 Å². The Morgan fingerprint density at radius 2 is 1.88 bits per heavy atom. The molecule has 0 spiro atoms. The predicted octanol–water partition coefficient (Wildman–Crippen LogP) is 5.61. The predicted molar refractivity (Wildman–Crippen MR) is 117 cm³/mol. The topological polar surface area (TPSA) is 81.7 Å². The number of hydrogen-bond donors (Lipinski definition) is 1. The van der Waals surface area contributed by atoms with Gasteiger partial charge in [0, 0.05) is 12.0 Å². The van der Waals surface area contributed by atoms with Crippen LogP contribution < -0.4 is 9.50 Å². The first-order chi connectivity index (χ1) is 15.4. The molecule has 0 saturated heterocycles. The summed E-state index contributed by atoms with van der Waals surface area (Å²) in [5.41, 5.74) is -3.43. The van der Waals surface area contributed by atoms with E-state index in [4.69, 9.17) is 27.9 Å². The highest BCUT2D eigenvalue weighted by Gasteiger charge is 2.48. The number of hydrogen-bond acceptors (Lipinski definition) is 5. The summed E-state index contributed by atoms with van der Waals surface area (Å²) in [5, 5.41) is 3.48. The Labute approximate surface area is 199 Å². The Morgan fingerprint density at radius 3 is 2.52 bits per heavy atom. The Bertz CT molecular complexity index is 1140. The normalized spacial score (nSPS) is 18.4. The van der Waals surface area contributed by atoms with Gasteiger partial charge in [-0.2, -0.15) is 21.6 Å². The van der Waals surface area contributed by atoms with E-state index in [0.29, 0.717) is 34.9 Å². The van der Waals surface area contributed by atoms with Gasteiger partial charge in [0.2, 0.25) is 0 Å². The van der Waals surface area contributed by atoms with Crippen LogP contribution in [0.1, 0.15) is 36.0 Å². The summed E-state index contributed by atoms with van der Waals surface area (Å²) >= 11 is 12.1. The van der Waals surface area contributed by atoms with E-state index >= 15 is 0 Å². The highest BCUT2D eigenvalue weighted by atomic mass is 35.5. The molecule has 0 saturated carbocycles. The molecule has 1 aliphatic rings. The lowest BCUT2D eigenvalue weighted by Crippen LogP contribution is -2.43. The number of alkyl carbamates (subject to hydrolysis) is 1. The number of aryl methyl sites for hydroxylation is 1. The van der Waals surface area contributed by atoms with E-state index in [1.807, 2.05) is 0 Å². The van der Waals surface area contributed by atoms with Gasteiger partial charge in [0.1, 0.15) is 5.75 Å². The monoisotopic (exact) mass is 525 g/mol. The van der Waals surface area contributed by atoms with Gasteiger partial charge in [-0.1, -0.05) is 35.3 Å². The molecular weight excluding hydrogens is 506 g/mol. The molecule has 1 N–H and O–H groups in total. The number of nitrogens with one attached hydrogen (secondary N) is 1. The van der Waals surface area contributed by atoms with E-state index < -0.39 is 39.4 Å². The number of carbonyl (C=O) groups is 1. The lowest BCUT2D eigenvalue weighted by Gasteiger charge is -2.34. The molecule has 2 aromatic carbocycles. The average molecular weight is 526 g/mol. The maximum Gasteiger partial charge on any atom is 0.534 e. The molecule has 1 amide bonds. The van der Waals surface area contributed by atoms with Crippen molar-refractivity contribution in [2.24, 2.45) is 0 Å². The Morgan fingerprint density at radius 1 is 1.15 bits per heavy atom. The van der Waals surface area contributed by atoms with E-state index in [0.717, 1.165) is 11.1 Å². The van der Waals surface area contributed by atoms with Crippen molar-refractivity contribution in [1.82, 2.24) is 5.32 Å². The Kier molecular flexibility index (Phi) is 7.70. The average Bonchev–Trinajstić information content (AvgIpc) is 2.71. The second-order valence-electron chi connectivity index (χ2n) is 7.41. The van der Waals surface area contributed by atoms with Gasteiger partial charge in [-0.3, -0.25) is 0 Å². The van der Waals surface area contributed by atoms with Gasteiger partial charge in [-0.05, 0) is 67.1 Å². The van der Waals surface area contributed by atoms with Gasteiger partial charge in [0.15, 0.2) is 0 Å². The van der Waals surface area contributed by atoms with Gasteiger partial charge >= 0.3 is 21.7 Å². The summed E-state index contributed by atoms with van der Waals surface area (Å²) in [5.74, 6) is -0.894. The summed E-state index contributed by atoms with van der Waals surface area (Å²) in [7, 11) is -5.83. The number of carbonyl (C=O) groups excluding carboxylic acids is 1. The molecule has 2 aromatic rings. The molecule has 0 aromatic heterocycles. The zero-order valence-electron chi connectivity index (χ0n) is 17.3. The summed E-state index contributed by atoms with van der Waals surface area (Å²) in [6, 6.07) is 8.56. The van der Waals surface area contributed by atoms with E-state index in [1.54, 1.807) is 25.1 Å². The number of halogens is 5. The van der Waals surface area contributed by atoms with Crippen molar-refractivity contribution >= 4 is 39.4 Å². The molecule has 6 nitrogen and oxygen atoms in total. The maximum absolute atomic E-state index is 12.8. The largest absolute Gasteiger partial charge is 0.534 e. The van der Waals surface area contributed by atoms with Crippen molar-refractivity contribution < 1.29 is 35.3 Å². The van der Waals surface area contributed by atoms with Crippen LogP contribution in [0.15, 0.2) is 36.4 Å². The fourth-order valence-electron chi connectivity index (χ4n) is 3.77. The molecule has 180 valence electrons. The molecule has 0 radical (unpaired) electrons. The van der Waals surface area contributed by atoms with Crippen molar-refractivity contribution in [2.75, 3.05) is 6.61 Å². The molecule has 3 rings (SSSR count). The highest BCUT2D eigenvalue weighted by molar-refractivity contribution is 7.88. The van der Waals surface area contributed by atoms with Crippen LogP contribution in [0, 0.1) is 0 Å². The number of alkyl halides is 3. The molecule has 0 bridgehead atoms. The van der Waals surface area contributed by atoms with Gasteiger partial charge < -0.3 is 14.2 Å². The van der Waals surface area contributed by atoms with E-state index in [2.05, 4.69) is 9.50 Å². The van der Waals surface area contributed by atoms with Crippen molar-refractivity contribution in [3.8, 4) is 5.75 Å². The smallest absolute Gasteiger partial charge is 0.450 e. The zero-order chi connectivity index (χ0) is 24.4. The number of rotatable bonds is 6. The van der Waals surface area contributed by atoms with Crippen LogP contribution in [-0.2, 0) is 27.7 Å². The summed E-state index contributed by atoms with van der Waals surface area (Å²) < 4.78 is 70.5. The summed E-state index contributed by atoms with van der Waals surface area (Å²) in [4.78, 5) is 12.1. The molecule has 12 heteroatoms. The van der Waals surface area contributed by atoms with E-state index in [9.17, 15) is 26.4 Å². The minimum Gasteiger partial charge on any atom is -0.450 e. The van der Waals surface area contributed by atoms with Gasteiger partial charge in [0.05, 0.1) is 16.7 Å². The molecule has 33 heavy (non-hydrogen) atoms. The Hall–Kier alpha value is -2.17. The third kappa shape index (κ3) is 6.04. The number of amides is 1. The molecule has 2 unspecified atom stereocenters. The van der Waals surface area contributed by atoms with Crippen LogP contribution in [0.3, 0.4) is 0 Å². The third-order valence-electron chi connectivity index (χ3n) is 5.23. The summed E-state index contributed by atoms with van der Waals surface area (Å²) in [6.07, 6.45) is 0.767. The zero-order valence-corrected chi connectivity index (χ0v) is 19.6. The second-order valence-corrected chi connectivity index (χ2v) is 9.77. The molecule has 0 heterocycles. The minimum absolute atomic E-state index is 0.167. The van der Waals surface area contributed by atoms with Crippen LogP contribution in [0.2, 0.25) is 10.0 Å². The Balaban J connectivity index is 1.99. The van der Waals surface area contributed by atoms with Crippen molar-refractivity contribution in [2.45, 2.75) is 43.7 Å². The van der Waals surface area contributed by atoms with Gasteiger partial charge in [0.25, 0.3) is 0 Å². The maximum atomic E-state index is 12.8. The third-order valence-corrected chi connectivity index (χ3v) is 6.95. The molecular formula is C21H20Cl2F3NO5S. The van der Waals surface area contributed by atoms with Crippen LogP contribution >= 0.6 is 23.2 Å². The fourth-order valence-corrected chi connectivity index (χ4v) is 4.54. The quantitative estimate of drug-likeness (QED) is 0.391. The molecule has 0 aliphatic heterocycles. The highest BCUT2D eigenvalue weighted by Crippen LogP contribution is 2.38. The minimum atomic E-state index is -5.83. The van der Waals surface area contributed by atoms with Gasteiger partial charge in [-0.15, -0.1) is 0 Å². The number of ether oxygens (including phenoxy) is 1. The van der Waals surface area contributed by atoms with Crippen LogP contribution in [0.25, 0.3) is 0 Å². The van der Waals surface area contributed by atoms with Crippen LogP contribution in [0.5, 0.6) is 5.75 Å². The first-order valence-corrected chi connectivity index (χ1v) is 12.1. The molecule has 0 fully saturated rings. The first kappa shape index (κ1) is 25.5. The van der Waals surface area contributed by atoms with E-state index in [-0.39, 0.29) is 6.61 Å². The van der Waals surface area contributed by atoms with Crippen LogP contribution in [0.4, 0.5) is 18.0 Å². The lowest BCUT2D eigenvalue weighted by molar-refractivity contribution is -0.0500. The standard InChI is InChI=1S/C21H20Cl2F3NO5S/c1-2-31-20(28)27-19-8-5-13-4-6-14(32-33(29,30)21(24,25)26)11-15(13)16(19)9-12-3-7-17(22)18(23)10-12/h3-4,6-7,10-11,16,19H,2,5,8-9H2,1H3,(H,27,28). The van der Waals surface area contributed by atoms with Crippen LogP contribution in [-0.4, -0.2) is 32.7 Å². The summed E-state index contributed by atoms with van der Waals surface area (Å²) in [6.45, 7) is 1.83. The fraction of sp³-hybridized carbons (Fsp3) is 0.381. The second kappa shape index (κ2) is 9.99. The number of fused-ring (bicyclic) bond motifs is 1. The molecule has 2 atom stereocenters.